The maximum atomic E-state index is 7.41. The van der Waals surface area contributed by atoms with Crippen LogP contribution < -0.4 is 0 Å². The summed E-state index contributed by atoms with van der Waals surface area (Å²) in [5, 5.41) is 1.07. The van der Waals surface area contributed by atoms with Crippen molar-refractivity contribution in [2.24, 2.45) is 22.7 Å². The molecule has 0 bridgehead atoms. The van der Waals surface area contributed by atoms with Gasteiger partial charge in [0.2, 0.25) is 0 Å². The summed E-state index contributed by atoms with van der Waals surface area (Å²) >= 11 is 7.41. The molecule has 3 heteroatoms. The first-order valence-corrected chi connectivity index (χ1v) is 20.4. The zero-order chi connectivity index (χ0) is 30.9. The lowest BCUT2D eigenvalue weighted by atomic mass is 9.60. The van der Waals surface area contributed by atoms with Gasteiger partial charge in [-0.1, -0.05) is 95.4 Å². The van der Waals surface area contributed by atoms with Gasteiger partial charge in [0.1, 0.15) is 6.54 Å². The lowest BCUT2D eigenvalue weighted by Crippen LogP contribution is -2.40. The van der Waals surface area contributed by atoms with Crippen LogP contribution in [0.3, 0.4) is 0 Å². The first-order chi connectivity index (χ1) is 22.1. The molecule has 0 aromatic heterocycles. The van der Waals surface area contributed by atoms with Crippen LogP contribution in [0.15, 0.2) is 46.2 Å². The number of hydrogen-bond acceptors (Lipinski definition) is 1. The van der Waals surface area contributed by atoms with Crippen LogP contribution in [0.2, 0.25) is 0 Å². The van der Waals surface area contributed by atoms with Crippen molar-refractivity contribution >= 4 is 17.3 Å². The molecule has 5 aliphatic carbocycles. The van der Waals surface area contributed by atoms with Crippen molar-refractivity contribution in [2.45, 2.75) is 174 Å². The van der Waals surface area contributed by atoms with Gasteiger partial charge >= 0.3 is 0 Å². The van der Waals surface area contributed by atoms with Gasteiger partial charge in [0.25, 0.3) is 0 Å². The van der Waals surface area contributed by atoms with Gasteiger partial charge in [-0.2, -0.15) is 0 Å². The first kappa shape index (κ1) is 32.3. The maximum absolute atomic E-state index is 7.41. The molecule has 7 aliphatic rings. The monoisotopic (exact) mass is 631 g/mol. The lowest BCUT2D eigenvalue weighted by molar-refractivity contribution is -0.566. The van der Waals surface area contributed by atoms with E-state index in [9.17, 15) is 0 Å². The van der Waals surface area contributed by atoms with E-state index in [0.717, 1.165) is 41.8 Å². The third-order valence-electron chi connectivity index (χ3n) is 14.1. The zero-order valence-corrected chi connectivity index (χ0v) is 29.8. The summed E-state index contributed by atoms with van der Waals surface area (Å²) in [6.07, 6.45) is 41.9. The molecule has 2 spiro atoms. The van der Waals surface area contributed by atoms with Crippen molar-refractivity contribution in [2.75, 3.05) is 13.1 Å². The SMILES string of the molecule is CCCN1/C(=C/C=C2\CCCC(/C=C/C3=[N+](CCC)C4CCCCC4C34CCCCC4)=C2Cl)C2(CCCCC2)C2CCCCC21. The van der Waals surface area contributed by atoms with E-state index >= 15 is 0 Å². The molecule has 0 amide bonds. The Morgan fingerprint density at radius 1 is 0.711 bits per heavy atom. The van der Waals surface area contributed by atoms with Crippen molar-refractivity contribution in [1.29, 1.82) is 0 Å². The Balaban J connectivity index is 1.22. The average Bonchev–Trinajstić information content (AvgIpc) is 3.47. The quantitative estimate of drug-likeness (QED) is 0.253. The summed E-state index contributed by atoms with van der Waals surface area (Å²) in [6, 6.07) is 1.56. The van der Waals surface area contributed by atoms with Crippen molar-refractivity contribution in [3.8, 4) is 0 Å². The minimum Gasteiger partial charge on any atom is -0.371 e. The molecule has 2 heterocycles. The van der Waals surface area contributed by atoms with Gasteiger partial charge in [-0.25, -0.2) is 4.58 Å². The highest BCUT2D eigenvalue weighted by molar-refractivity contribution is 6.32. The van der Waals surface area contributed by atoms with Crippen LogP contribution in [-0.2, 0) is 0 Å². The van der Waals surface area contributed by atoms with Crippen molar-refractivity contribution in [3.63, 3.8) is 0 Å². The molecule has 0 aromatic rings. The molecule has 0 N–H and O–H groups in total. The number of likely N-dealkylation sites (tertiary alicyclic amines) is 1. The molecule has 248 valence electrons. The van der Waals surface area contributed by atoms with Gasteiger partial charge in [0.15, 0.2) is 11.8 Å². The van der Waals surface area contributed by atoms with Crippen LogP contribution in [0, 0.1) is 22.7 Å². The molecule has 0 radical (unpaired) electrons. The largest absolute Gasteiger partial charge is 0.371 e. The van der Waals surface area contributed by atoms with Crippen LogP contribution >= 0.6 is 11.6 Å². The standard InChI is InChI=1S/C42H64ClN2/c1-3-30-44-36-20-9-7-18-34(36)41(26-11-5-12-27-41)38(44)24-22-32-16-15-17-33(40(32)43)23-25-39-42(28-13-6-14-29-42)35-19-8-10-21-37(35)45(39)31-4-2/h22-25,34-37H,3-21,26-31H2,1-2H3/q+1. The molecule has 2 aliphatic heterocycles. The molecule has 1 saturated heterocycles. The predicted octanol–water partition coefficient (Wildman–Crippen LogP) is 11.7. The highest BCUT2D eigenvalue weighted by Gasteiger charge is 2.59. The summed E-state index contributed by atoms with van der Waals surface area (Å²) in [5.41, 5.74) is 7.07. The predicted molar refractivity (Wildman–Crippen MR) is 192 cm³/mol. The van der Waals surface area contributed by atoms with Gasteiger partial charge in [-0.05, 0) is 100 Å². The highest BCUT2D eigenvalue weighted by atomic mass is 35.5. The van der Waals surface area contributed by atoms with Gasteiger partial charge < -0.3 is 4.90 Å². The molecule has 2 nitrogen and oxygen atoms in total. The Morgan fingerprint density at radius 2 is 1.40 bits per heavy atom. The first-order valence-electron chi connectivity index (χ1n) is 20.0. The molecule has 5 fully saturated rings. The molecule has 4 saturated carbocycles. The number of halogens is 1. The van der Waals surface area contributed by atoms with Crippen molar-refractivity contribution in [3.05, 3.63) is 46.2 Å². The Morgan fingerprint density at radius 3 is 2.13 bits per heavy atom. The number of allylic oxidation sites excluding steroid dienone is 8. The van der Waals surface area contributed by atoms with Crippen LogP contribution in [0.25, 0.3) is 0 Å². The van der Waals surface area contributed by atoms with Crippen molar-refractivity contribution < 1.29 is 4.58 Å². The fourth-order valence-electron chi connectivity index (χ4n) is 12.3. The van der Waals surface area contributed by atoms with E-state index in [1.54, 1.807) is 11.4 Å². The summed E-state index contributed by atoms with van der Waals surface area (Å²) in [4.78, 5) is 2.91. The van der Waals surface area contributed by atoms with Gasteiger partial charge in [-0.15, -0.1) is 0 Å². The topological polar surface area (TPSA) is 6.25 Å². The van der Waals surface area contributed by atoms with E-state index in [1.165, 1.54) is 159 Å². The second-order valence-electron chi connectivity index (χ2n) is 16.4. The number of rotatable bonds is 7. The van der Waals surface area contributed by atoms with E-state index in [4.69, 9.17) is 11.6 Å². The minimum absolute atomic E-state index is 0.427. The maximum Gasteiger partial charge on any atom is 0.183 e. The molecule has 4 atom stereocenters. The molecular weight excluding hydrogens is 568 g/mol. The fourth-order valence-corrected chi connectivity index (χ4v) is 12.6. The molecule has 7 rings (SSSR count). The van der Waals surface area contributed by atoms with Crippen LogP contribution in [-0.4, -0.2) is 40.4 Å². The Kier molecular flexibility index (Phi) is 10.1. The van der Waals surface area contributed by atoms with Crippen LogP contribution in [0.5, 0.6) is 0 Å². The normalized spacial score (nSPS) is 35.0. The van der Waals surface area contributed by atoms with Gasteiger partial charge in [-0.3, -0.25) is 0 Å². The number of fused-ring (bicyclic) bond motifs is 4. The summed E-state index contributed by atoms with van der Waals surface area (Å²) < 4.78 is 2.91. The second kappa shape index (κ2) is 14.1. The Labute approximate surface area is 281 Å². The van der Waals surface area contributed by atoms with E-state index in [1.807, 2.05) is 0 Å². The molecular formula is C42H64ClN2+. The molecule has 0 aromatic carbocycles. The minimum atomic E-state index is 0.427. The van der Waals surface area contributed by atoms with E-state index in [2.05, 4.69) is 47.6 Å². The van der Waals surface area contributed by atoms with Crippen LogP contribution in [0.4, 0.5) is 0 Å². The van der Waals surface area contributed by atoms with Gasteiger partial charge in [0, 0.05) is 53.6 Å². The third kappa shape index (κ3) is 5.78. The van der Waals surface area contributed by atoms with E-state index in [-0.39, 0.29) is 0 Å². The number of nitrogens with zero attached hydrogens (tertiary/aromatic N) is 2. The van der Waals surface area contributed by atoms with Crippen molar-refractivity contribution in [1.82, 2.24) is 4.90 Å². The smallest absolute Gasteiger partial charge is 0.183 e. The van der Waals surface area contributed by atoms with Crippen LogP contribution in [0.1, 0.15) is 162 Å². The molecule has 45 heavy (non-hydrogen) atoms. The zero-order valence-electron chi connectivity index (χ0n) is 29.1. The summed E-state index contributed by atoms with van der Waals surface area (Å²) in [6.45, 7) is 7.23. The number of hydrogen-bond donors (Lipinski definition) is 0. The van der Waals surface area contributed by atoms with E-state index < -0.39 is 0 Å². The highest BCUT2D eigenvalue weighted by Crippen LogP contribution is 2.60. The van der Waals surface area contributed by atoms with E-state index in [0.29, 0.717) is 10.8 Å². The lowest BCUT2D eigenvalue weighted by Gasteiger charge is -2.41. The Bertz CT molecular complexity index is 1220. The third-order valence-corrected chi connectivity index (χ3v) is 14.6. The van der Waals surface area contributed by atoms with Gasteiger partial charge in [0.05, 0.1) is 5.41 Å². The second-order valence-corrected chi connectivity index (χ2v) is 16.8. The molecule has 4 unspecified atom stereocenters. The Hall–Kier alpha value is -1.28. The fraction of sp³-hybridized carbons (Fsp3) is 0.786. The summed E-state index contributed by atoms with van der Waals surface area (Å²) in [5.74, 6) is 1.76. The average molecular weight is 632 g/mol. The summed E-state index contributed by atoms with van der Waals surface area (Å²) in [7, 11) is 0.